The van der Waals surface area contributed by atoms with E-state index >= 15 is 0 Å². The summed E-state index contributed by atoms with van der Waals surface area (Å²) in [7, 11) is 6.42. The number of hydrogen-bond donors (Lipinski definition) is 1. The van der Waals surface area contributed by atoms with Crippen molar-refractivity contribution in [1.82, 2.24) is 0 Å². The van der Waals surface area contributed by atoms with Crippen LogP contribution in [-0.2, 0) is 0 Å². The largest absolute Gasteiger partial charge is 0.506 e. The maximum atomic E-state index is 11.1. The van der Waals surface area contributed by atoms with Crippen LogP contribution < -0.4 is 18.9 Å². The summed E-state index contributed by atoms with van der Waals surface area (Å²) in [4.78, 5) is 0. The molecule has 3 aromatic rings. The van der Waals surface area contributed by atoms with Crippen LogP contribution in [-0.4, -0.2) is 33.5 Å². The van der Waals surface area contributed by atoms with E-state index in [9.17, 15) is 5.11 Å². The highest BCUT2D eigenvalue weighted by Gasteiger charge is 2.23. The van der Waals surface area contributed by atoms with Crippen molar-refractivity contribution in [2.75, 3.05) is 28.4 Å². The minimum absolute atomic E-state index is 0.124. The highest BCUT2D eigenvalue weighted by atomic mass is 16.5. The molecule has 0 bridgehead atoms. The van der Waals surface area contributed by atoms with E-state index in [0.29, 0.717) is 28.0 Å². The molecule has 0 saturated carbocycles. The SMILES string of the molecule is COc1cc(OC)c2c(O)c3c(OC)c(C(C)C)c(OC)cc3cc2c1. The van der Waals surface area contributed by atoms with Crippen LogP contribution in [0, 0.1) is 0 Å². The van der Waals surface area contributed by atoms with Gasteiger partial charge in [0, 0.05) is 11.6 Å². The van der Waals surface area contributed by atoms with Gasteiger partial charge in [0.1, 0.15) is 28.7 Å². The monoisotopic (exact) mass is 356 g/mol. The van der Waals surface area contributed by atoms with Gasteiger partial charge in [-0.05, 0) is 34.9 Å². The molecule has 0 heterocycles. The third-order valence-electron chi connectivity index (χ3n) is 4.66. The van der Waals surface area contributed by atoms with Gasteiger partial charge < -0.3 is 24.1 Å². The average molecular weight is 356 g/mol. The average Bonchev–Trinajstić information content (AvgIpc) is 2.64. The molecular weight excluding hydrogens is 332 g/mol. The summed E-state index contributed by atoms with van der Waals surface area (Å²) >= 11 is 0. The molecule has 1 N–H and O–H groups in total. The molecule has 0 aliphatic heterocycles. The first-order valence-corrected chi connectivity index (χ1v) is 8.43. The van der Waals surface area contributed by atoms with E-state index in [1.807, 2.05) is 18.2 Å². The Labute approximate surface area is 153 Å². The standard InChI is InChI=1S/C21H24O5/c1-11(2)17-15(24-4)9-13-7-12-8-14(23-3)10-16(25-5)18(12)20(22)19(13)21(17)26-6/h7-11,22H,1-6H3. The maximum Gasteiger partial charge on any atom is 0.138 e. The number of phenols is 1. The van der Waals surface area contributed by atoms with Gasteiger partial charge >= 0.3 is 0 Å². The zero-order valence-electron chi connectivity index (χ0n) is 16.0. The van der Waals surface area contributed by atoms with Crippen LogP contribution in [0.5, 0.6) is 28.7 Å². The Balaban J connectivity index is 2.54. The lowest BCUT2D eigenvalue weighted by Crippen LogP contribution is -2.00. The van der Waals surface area contributed by atoms with Crippen molar-refractivity contribution in [3.63, 3.8) is 0 Å². The number of fused-ring (bicyclic) bond motifs is 2. The molecule has 0 amide bonds. The van der Waals surface area contributed by atoms with Crippen LogP contribution >= 0.6 is 0 Å². The summed E-state index contributed by atoms with van der Waals surface area (Å²) in [6.07, 6.45) is 0. The predicted molar refractivity (Wildman–Crippen MR) is 103 cm³/mol. The molecule has 0 aliphatic carbocycles. The van der Waals surface area contributed by atoms with Crippen LogP contribution in [0.25, 0.3) is 21.5 Å². The Bertz CT molecular complexity index is 976. The first kappa shape index (κ1) is 18.0. The molecular formula is C21H24O5. The fourth-order valence-electron chi connectivity index (χ4n) is 3.50. The quantitative estimate of drug-likeness (QED) is 0.662. The molecule has 26 heavy (non-hydrogen) atoms. The Hall–Kier alpha value is -2.82. The fraction of sp³-hybridized carbons (Fsp3) is 0.333. The van der Waals surface area contributed by atoms with Gasteiger partial charge in [-0.3, -0.25) is 0 Å². The summed E-state index contributed by atoms with van der Waals surface area (Å²) in [5.74, 6) is 2.84. The predicted octanol–water partition coefficient (Wildman–Crippen LogP) is 4.86. The summed E-state index contributed by atoms with van der Waals surface area (Å²) < 4.78 is 22.1. The number of methoxy groups -OCH3 is 4. The van der Waals surface area contributed by atoms with Gasteiger partial charge in [0.15, 0.2) is 0 Å². The number of benzene rings is 3. The minimum atomic E-state index is 0.124. The molecule has 0 spiro atoms. The van der Waals surface area contributed by atoms with E-state index in [-0.39, 0.29) is 11.7 Å². The lowest BCUT2D eigenvalue weighted by molar-refractivity contribution is 0.384. The van der Waals surface area contributed by atoms with Crippen LogP contribution in [0.3, 0.4) is 0 Å². The topological polar surface area (TPSA) is 57.2 Å². The Morgan fingerprint density at radius 3 is 1.92 bits per heavy atom. The normalized spacial score (nSPS) is 11.2. The molecule has 0 saturated heterocycles. The van der Waals surface area contributed by atoms with Gasteiger partial charge in [0.2, 0.25) is 0 Å². The molecule has 0 fully saturated rings. The minimum Gasteiger partial charge on any atom is -0.506 e. The second-order valence-corrected chi connectivity index (χ2v) is 6.43. The number of phenolic OH excluding ortho intramolecular Hbond substituents is 1. The van der Waals surface area contributed by atoms with Crippen LogP contribution in [0.4, 0.5) is 0 Å². The van der Waals surface area contributed by atoms with Crippen molar-refractivity contribution in [3.8, 4) is 28.7 Å². The van der Waals surface area contributed by atoms with E-state index in [0.717, 1.165) is 22.1 Å². The van der Waals surface area contributed by atoms with Gasteiger partial charge in [0.25, 0.3) is 0 Å². The third kappa shape index (κ3) is 2.64. The smallest absolute Gasteiger partial charge is 0.138 e. The van der Waals surface area contributed by atoms with Gasteiger partial charge in [-0.1, -0.05) is 13.8 Å². The Morgan fingerprint density at radius 2 is 1.38 bits per heavy atom. The molecule has 5 heteroatoms. The summed E-state index contributed by atoms with van der Waals surface area (Å²) in [6, 6.07) is 7.53. The number of ether oxygens (including phenoxy) is 4. The highest BCUT2D eigenvalue weighted by Crippen LogP contribution is 2.49. The second-order valence-electron chi connectivity index (χ2n) is 6.43. The van der Waals surface area contributed by atoms with Gasteiger partial charge in [-0.2, -0.15) is 0 Å². The number of aromatic hydroxyl groups is 1. The van der Waals surface area contributed by atoms with E-state index in [1.54, 1.807) is 34.5 Å². The summed E-state index contributed by atoms with van der Waals surface area (Å²) in [5.41, 5.74) is 0.921. The van der Waals surface area contributed by atoms with E-state index in [1.165, 1.54) is 0 Å². The molecule has 3 aromatic carbocycles. The lowest BCUT2D eigenvalue weighted by Gasteiger charge is -2.20. The van der Waals surface area contributed by atoms with Crippen molar-refractivity contribution in [2.45, 2.75) is 19.8 Å². The molecule has 138 valence electrons. The zero-order valence-corrected chi connectivity index (χ0v) is 16.0. The molecule has 0 radical (unpaired) electrons. The van der Waals surface area contributed by atoms with Crippen molar-refractivity contribution in [2.24, 2.45) is 0 Å². The van der Waals surface area contributed by atoms with Crippen molar-refractivity contribution in [3.05, 3.63) is 29.8 Å². The van der Waals surface area contributed by atoms with E-state index < -0.39 is 0 Å². The first-order valence-electron chi connectivity index (χ1n) is 8.43. The van der Waals surface area contributed by atoms with Crippen molar-refractivity contribution < 1.29 is 24.1 Å². The zero-order chi connectivity index (χ0) is 19.0. The molecule has 0 atom stereocenters. The molecule has 5 nitrogen and oxygen atoms in total. The van der Waals surface area contributed by atoms with Crippen molar-refractivity contribution >= 4 is 21.5 Å². The fourth-order valence-corrected chi connectivity index (χ4v) is 3.50. The molecule has 0 aromatic heterocycles. The Morgan fingerprint density at radius 1 is 0.731 bits per heavy atom. The number of hydrogen-bond acceptors (Lipinski definition) is 5. The van der Waals surface area contributed by atoms with Gasteiger partial charge in [0.05, 0.1) is 39.2 Å². The summed E-state index contributed by atoms with van der Waals surface area (Å²) in [5, 5.41) is 14.0. The van der Waals surface area contributed by atoms with Gasteiger partial charge in [-0.15, -0.1) is 0 Å². The second kappa shape index (κ2) is 6.83. The van der Waals surface area contributed by atoms with Gasteiger partial charge in [-0.25, -0.2) is 0 Å². The third-order valence-corrected chi connectivity index (χ3v) is 4.66. The van der Waals surface area contributed by atoms with Crippen molar-refractivity contribution in [1.29, 1.82) is 0 Å². The highest BCUT2D eigenvalue weighted by molar-refractivity contribution is 6.11. The van der Waals surface area contributed by atoms with Crippen LogP contribution in [0.1, 0.15) is 25.3 Å². The van der Waals surface area contributed by atoms with Crippen LogP contribution in [0.15, 0.2) is 24.3 Å². The molecule has 3 rings (SSSR count). The molecule has 0 unspecified atom stereocenters. The molecule has 0 aliphatic rings. The first-order chi connectivity index (χ1) is 12.5. The lowest BCUT2D eigenvalue weighted by atomic mass is 9.93. The summed E-state index contributed by atoms with van der Waals surface area (Å²) in [6.45, 7) is 4.13. The van der Waals surface area contributed by atoms with E-state index in [2.05, 4.69) is 13.8 Å². The Kier molecular flexibility index (Phi) is 4.72. The van der Waals surface area contributed by atoms with Crippen LogP contribution in [0.2, 0.25) is 0 Å². The van der Waals surface area contributed by atoms with E-state index in [4.69, 9.17) is 18.9 Å². The maximum absolute atomic E-state index is 11.1. The number of rotatable bonds is 5.